The molecule has 0 atom stereocenters. The molecule has 2 rings (SSSR count). The number of aromatic nitrogens is 1. The van der Waals surface area contributed by atoms with Gasteiger partial charge in [-0.1, -0.05) is 0 Å². The van der Waals surface area contributed by atoms with Gasteiger partial charge < -0.3 is 4.98 Å². The number of nitrogens with zero attached hydrogens (tertiary/aromatic N) is 1. The minimum atomic E-state index is -0.230. The molecule has 0 aromatic carbocycles. The summed E-state index contributed by atoms with van der Waals surface area (Å²) in [5.41, 5.74) is 1.04. The lowest BCUT2D eigenvalue weighted by molar-refractivity contribution is 1.23. The van der Waals surface area contributed by atoms with Crippen LogP contribution in [0.2, 0.25) is 0 Å². The highest BCUT2D eigenvalue weighted by Crippen LogP contribution is 2.26. The fourth-order valence-corrected chi connectivity index (χ4v) is 2.59. The topological polar surface area (TPSA) is 56.6 Å². The van der Waals surface area contributed by atoms with Crippen LogP contribution in [0.4, 0.5) is 0 Å². The molecule has 0 aliphatic heterocycles. The molecule has 0 saturated heterocycles. The molecule has 1 N–H and O–H groups in total. The van der Waals surface area contributed by atoms with Crippen LogP contribution in [0.1, 0.15) is 11.1 Å². The molecule has 0 amide bonds. The number of nitriles is 1. The van der Waals surface area contributed by atoms with Crippen molar-refractivity contribution < 1.29 is 0 Å². The Labute approximate surface area is 88.6 Å². The maximum absolute atomic E-state index is 11.4. The fraction of sp³-hybridized carbons (Fsp3) is 0.111. The van der Waals surface area contributed by atoms with E-state index in [9.17, 15) is 4.79 Å². The molecule has 2 heterocycles. The Hall–Kier alpha value is -1.31. The number of thiophene rings is 1. The molecule has 0 aliphatic carbocycles. The van der Waals surface area contributed by atoms with E-state index < -0.39 is 0 Å². The third-order valence-corrected chi connectivity index (χ3v) is 3.30. The third-order valence-electron chi connectivity index (χ3n) is 1.95. The van der Waals surface area contributed by atoms with Gasteiger partial charge >= 0.3 is 0 Å². The highest BCUT2D eigenvalue weighted by atomic mass is 35.5. The Morgan fingerprint density at radius 1 is 1.64 bits per heavy atom. The van der Waals surface area contributed by atoms with Crippen molar-refractivity contribution in [1.29, 1.82) is 5.26 Å². The van der Waals surface area contributed by atoms with E-state index in [1.807, 2.05) is 6.07 Å². The standard InChI is InChI=1S/C9H5ClN2OS/c10-1-5-3-12-9(13)7-6(2-11)4-14-8(5)7/h3-4H,1H2,(H,12,13). The van der Waals surface area contributed by atoms with E-state index in [1.54, 1.807) is 11.6 Å². The Balaban J connectivity index is 2.96. The Kier molecular flexibility index (Phi) is 2.28. The number of nitrogens with one attached hydrogen (secondary N) is 1. The van der Waals surface area contributed by atoms with E-state index in [0.29, 0.717) is 16.8 Å². The summed E-state index contributed by atoms with van der Waals surface area (Å²) in [6.07, 6.45) is 1.59. The SMILES string of the molecule is N#Cc1csc2c(CCl)c[nH]c(=O)c12. The fourth-order valence-electron chi connectivity index (χ4n) is 1.29. The van der Waals surface area contributed by atoms with Crippen LogP contribution in [0.15, 0.2) is 16.4 Å². The van der Waals surface area contributed by atoms with Gasteiger partial charge in [0.1, 0.15) is 6.07 Å². The van der Waals surface area contributed by atoms with Crippen LogP contribution in [-0.4, -0.2) is 4.98 Å². The molecule has 5 heteroatoms. The second kappa shape index (κ2) is 3.45. The summed E-state index contributed by atoms with van der Waals surface area (Å²) in [5.74, 6) is 0.332. The highest BCUT2D eigenvalue weighted by Gasteiger charge is 2.10. The van der Waals surface area contributed by atoms with Gasteiger partial charge in [0, 0.05) is 21.8 Å². The van der Waals surface area contributed by atoms with Crippen LogP contribution in [0.25, 0.3) is 10.1 Å². The van der Waals surface area contributed by atoms with Crippen LogP contribution in [0.3, 0.4) is 0 Å². The number of hydrogen-bond donors (Lipinski definition) is 1. The molecule has 14 heavy (non-hydrogen) atoms. The Bertz CT molecular complexity index is 578. The molecular weight excluding hydrogens is 220 g/mol. The van der Waals surface area contributed by atoms with Gasteiger partial charge in [0.15, 0.2) is 0 Å². The van der Waals surface area contributed by atoms with E-state index >= 15 is 0 Å². The lowest BCUT2D eigenvalue weighted by atomic mass is 10.2. The van der Waals surface area contributed by atoms with Gasteiger partial charge in [-0.05, 0) is 0 Å². The number of pyridine rings is 1. The van der Waals surface area contributed by atoms with Crippen LogP contribution in [0.5, 0.6) is 0 Å². The molecule has 70 valence electrons. The maximum atomic E-state index is 11.4. The summed E-state index contributed by atoms with van der Waals surface area (Å²) in [6.45, 7) is 0. The zero-order valence-electron chi connectivity index (χ0n) is 7.00. The van der Waals surface area contributed by atoms with Crippen LogP contribution in [-0.2, 0) is 5.88 Å². The number of rotatable bonds is 1. The molecule has 0 fully saturated rings. The molecule has 0 saturated carbocycles. The van der Waals surface area contributed by atoms with Crippen molar-refractivity contribution in [3.05, 3.63) is 33.1 Å². The molecule has 2 aromatic heterocycles. The van der Waals surface area contributed by atoms with Crippen LogP contribution >= 0.6 is 22.9 Å². The number of H-pyrrole nitrogens is 1. The van der Waals surface area contributed by atoms with Crippen molar-refractivity contribution in [2.24, 2.45) is 0 Å². The summed E-state index contributed by atoms with van der Waals surface area (Å²) in [4.78, 5) is 14.0. The molecule has 0 bridgehead atoms. The summed E-state index contributed by atoms with van der Waals surface area (Å²) < 4.78 is 0.806. The van der Waals surface area contributed by atoms with Gasteiger partial charge in [-0.2, -0.15) is 5.26 Å². The third kappa shape index (κ3) is 1.22. The predicted octanol–water partition coefficient (Wildman–Crippen LogP) is 2.20. The van der Waals surface area contributed by atoms with E-state index in [2.05, 4.69) is 4.98 Å². The summed E-state index contributed by atoms with van der Waals surface area (Å²) in [5, 5.41) is 10.9. The zero-order valence-corrected chi connectivity index (χ0v) is 8.58. The van der Waals surface area contributed by atoms with Crippen LogP contribution < -0.4 is 5.56 Å². The van der Waals surface area contributed by atoms with Crippen molar-refractivity contribution in [1.82, 2.24) is 4.98 Å². The molecule has 3 nitrogen and oxygen atoms in total. The maximum Gasteiger partial charge on any atom is 0.258 e. The van der Waals surface area contributed by atoms with Crippen LogP contribution in [0, 0.1) is 11.3 Å². The minimum Gasteiger partial charge on any atom is -0.328 e. The first-order chi connectivity index (χ1) is 6.77. The first-order valence-electron chi connectivity index (χ1n) is 3.85. The summed E-state index contributed by atoms with van der Waals surface area (Å²) in [6, 6.07) is 1.99. The van der Waals surface area contributed by atoms with Crippen molar-refractivity contribution >= 4 is 33.0 Å². The first kappa shape index (κ1) is 9.25. The van der Waals surface area contributed by atoms with Gasteiger partial charge in [-0.25, -0.2) is 0 Å². The number of fused-ring (bicyclic) bond motifs is 1. The monoisotopic (exact) mass is 224 g/mol. The van der Waals surface area contributed by atoms with Gasteiger partial charge in [-0.15, -0.1) is 22.9 Å². The molecule has 0 radical (unpaired) electrons. The quantitative estimate of drug-likeness (QED) is 0.755. The average molecular weight is 225 g/mol. The van der Waals surface area contributed by atoms with Gasteiger partial charge in [0.2, 0.25) is 0 Å². The normalized spacial score (nSPS) is 10.3. The van der Waals surface area contributed by atoms with Gasteiger partial charge in [0.25, 0.3) is 5.56 Å². The average Bonchev–Trinajstić information content (AvgIpc) is 2.63. The minimum absolute atomic E-state index is 0.230. The first-order valence-corrected chi connectivity index (χ1v) is 5.27. The second-order valence-corrected chi connectivity index (χ2v) is 3.89. The predicted molar refractivity (Wildman–Crippen MR) is 56.7 cm³/mol. The number of aromatic amines is 1. The second-order valence-electron chi connectivity index (χ2n) is 2.74. The van der Waals surface area contributed by atoms with Crippen molar-refractivity contribution in [3.8, 4) is 6.07 Å². The van der Waals surface area contributed by atoms with Gasteiger partial charge in [0.05, 0.1) is 16.8 Å². The van der Waals surface area contributed by atoms with E-state index in [-0.39, 0.29) is 5.56 Å². The number of hydrogen-bond acceptors (Lipinski definition) is 3. The van der Waals surface area contributed by atoms with E-state index in [1.165, 1.54) is 11.3 Å². The van der Waals surface area contributed by atoms with Crippen molar-refractivity contribution in [2.45, 2.75) is 5.88 Å². The Morgan fingerprint density at radius 2 is 2.43 bits per heavy atom. The Morgan fingerprint density at radius 3 is 3.07 bits per heavy atom. The molecule has 0 unspecified atom stereocenters. The van der Waals surface area contributed by atoms with E-state index in [0.717, 1.165) is 10.3 Å². The zero-order chi connectivity index (χ0) is 10.1. The molecule has 0 aliphatic rings. The van der Waals surface area contributed by atoms with E-state index in [4.69, 9.17) is 16.9 Å². The number of alkyl halides is 1. The lowest BCUT2D eigenvalue weighted by Gasteiger charge is -1.95. The molecule has 2 aromatic rings. The molecule has 0 spiro atoms. The summed E-state index contributed by atoms with van der Waals surface area (Å²) in [7, 11) is 0. The van der Waals surface area contributed by atoms with Crippen molar-refractivity contribution in [3.63, 3.8) is 0 Å². The highest BCUT2D eigenvalue weighted by molar-refractivity contribution is 7.17. The molecular formula is C9H5ClN2OS. The summed E-state index contributed by atoms with van der Waals surface area (Å²) >= 11 is 7.09. The largest absolute Gasteiger partial charge is 0.328 e. The van der Waals surface area contributed by atoms with Crippen molar-refractivity contribution in [2.75, 3.05) is 0 Å². The number of halogens is 1. The smallest absolute Gasteiger partial charge is 0.258 e. The van der Waals surface area contributed by atoms with Gasteiger partial charge in [-0.3, -0.25) is 4.79 Å². The lowest BCUT2D eigenvalue weighted by Crippen LogP contribution is -2.06.